The molecule has 1 N–H and O–H groups in total. The second-order valence-corrected chi connectivity index (χ2v) is 5.74. The van der Waals surface area contributed by atoms with Gasteiger partial charge >= 0.3 is 0 Å². The summed E-state index contributed by atoms with van der Waals surface area (Å²) in [6, 6.07) is 12.1. The van der Waals surface area contributed by atoms with Crippen LogP contribution in [0.3, 0.4) is 0 Å². The topological polar surface area (TPSA) is 45.8 Å². The monoisotopic (exact) mass is 252 g/mol. The molecule has 0 atom stereocenters. The third-order valence-electron chi connectivity index (χ3n) is 4.29. The quantitative estimate of drug-likeness (QED) is 0.913. The lowest BCUT2D eigenvalue weighted by molar-refractivity contribution is 0.731. The standard InChI is InChI=1S/C16H16N2O/c19-14-10-13(11-6-7-11)17-15(18-14)16(8-9-16)12-4-2-1-3-5-12/h1-5,10-11H,6-9H2,(H,17,18,19). The summed E-state index contributed by atoms with van der Waals surface area (Å²) < 4.78 is 0. The number of aromatic nitrogens is 2. The molecule has 2 fully saturated rings. The zero-order chi connectivity index (χ0) is 12.9. The number of H-pyrrole nitrogens is 1. The summed E-state index contributed by atoms with van der Waals surface area (Å²) in [7, 11) is 0. The lowest BCUT2D eigenvalue weighted by Gasteiger charge is -2.15. The Morgan fingerprint density at radius 1 is 1.16 bits per heavy atom. The average molecular weight is 252 g/mol. The van der Waals surface area contributed by atoms with Gasteiger partial charge in [-0.25, -0.2) is 4.98 Å². The van der Waals surface area contributed by atoms with Crippen LogP contribution in [-0.2, 0) is 5.41 Å². The van der Waals surface area contributed by atoms with Crippen LogP contribution in [-0.4, -0.2) is 9.97 Å². The number of rotatable bonds is 3. The molecular formula is C16H16N2O. The third kappa shape index (κ3) is 1.81. The maximum atomic E-state index is 11.9. The number of benzene rings is 1. The van der Waals surface area contributed by atoms with Gasteiger partial charge in [0.1, 0.15) is 5.82 Å². The maximum Gasteiger partial charge on any atom is 0.251 e. The predicted molar refractivity (Wildman–Crippen MR) is 73.3 cm³/mol. The van der Waals surface area contributed by atoms with E-state index in [1.165, 1.54) is 18.4 Å². The Kier molecular flexibility index (Phi) is 2.19. The molecule has 3 nitrogen and oxygen atoms in total. The van der Waals surface area contributed by atoms with Crippen molar-refractivity contribution in [3.63, 3.8) is 0 Å². The van der Waals surface area contributed by atoms with E-state index >= 15 is 0 Å². The van der Waals surface area contributed by atoms with Crippen molar-refractivity contribution in [2.45, 2.75) is 37.0 Å². The van der Waals surface area contributed by atoms with Gasteiger partial charge in [-0.3, -0.25) is 4.79 Å². The molecule has 19 heavy (non-hydrogen) atoms. The van der Waals surface area contributed by atoms with E-state index in [1.54, 1.807) is 6.07 Å². The molecule has 2 saturated carbocycles. The van der Waals surface area contributed by atoms with Crippen LogP contribution in [0.2, 0.25) is 0 Å². The van der Waals surface area contributed by atoms with Crippen molar-refractivity contribution in [2.75, 3.05) is 0 Å². The summed E-state index contributed by atoms with van der Waals surface area (Å²) in [4.78, 5) is 19.6. The molecule has 1 aromatic heterocycles. The molecule has 3 heteroatoms. The van der Waals surface area contributed by atoms with E-state index in [1.807, 2.05) is 6.07 Å². The lowest BCUT2D eigenvalue weighted by Crippen LogP contribution is -2.20. The van der Waals surface area contributed by atoms with Gasteiger partial charge in [0.15, 0.2) is 0 Å². The van der Waals surface area contributed by atoms with E-state index in [0.29, 0.717) is 5.92 Å². The molecule has 2 aromatic rings. The Balaban J connectivity index is 1.82. The molecule has 2 aliphatic rings. The van der Waals surface area contributed by atoms with E-state index in [0.717, 1.165) is 24.4 Å². The van der Waals surface area contributed by atoms with Crippen LogP contribution in [0, 0.1) is 0 Å². The van der Waals surface area contributed by atoms with E-state index in [-0.39, 0.29) is 11.0 Å². The molecule has 0 saturated heterocycles. The number of hydrogen-bond acceptors (Lipinski definition) is 2. The summed E-state index contributed by atoms with van der Waals surface area (Å²) in [5, 5.41) is 0. The van der Waals surface area contributed by atoms with Crippen molar-refractivity contribution >= 4 is 0 Å². The van der Waals surface area contributed by atoms with Gasteiger partial charge in [-0.05, 0) is 31.2 Å². The van der Waals surface area contributed by atoms with Crippen molar-refractivity contribution in [3.05, 3.63) is 63.8 Å². The maximum absolute atomic E-state index is 11.9. The van der Waals surface area contributed by atoms with Gasteiger partial charge in [0.25, 0.3) is 5.56 Å². The zero-order valence-corrected chi connectivity index (χ0v) is 10.7. The number of aromatic amines is 1. The Morgan fingerprint density at radius 3 is 2.53 bits per heavy atom. The SMILES string of the molecule is O=c1cc(C2CC2)nc(C2(c3ccccc3)CC2)[nH]1. The Morgan fingerprint density at radius 2 is 1.89 bits per heavy atom. The molecule has 0 unspecified atom stereocenters. The molecule has 0 aliphatic heterocycles. The Bertz CT molecular complexity index is 667. The number of nitrogens with zero attached hydrogens (tertiary/aromatic N) is 1. The van der Waals surface area contributed by atoms with E-state index in [2.05, 4.69) is 29.2 Å². The molecule has 96 valence electrons. The van der Waals surface area contributed by atoms with E-state index < -0.39 is 0 Å². The van der Waals surface area contributed by atoms with Crippen molar-refractivity contribution < 1.29 is 0 Å². The molecule has 4 rings (SSSR count). The highest BCUT2D eigenvalue weighted by atomic mass is 16.1. The first-order valence-electron chi connectivity index (χ1n) is 6.95. The molecule has 0 spiro atoms. The van der Waals surface area contributed by atoms with Gasteiger partial charge in [0, 0.05) is 12.0 Å². The highest BCUT2D eigenvalue weighted by Crippen LogP contribution is 2.52. The summed E-state index contributed by atoms with van der Waals surface area (Å²) in [5.74, 6) is 1.39. The fourth-order valence-electron chi connectivity index (χ4n) is 2.84. The van der Waals surface area contributed by atoms with Gasteiger partial charge < -0.3 is 4.98 Å². The minimum atomic E-state index is -0.0364. The fraction of sp³-hybridized carbons (Fsp3) is 0.375. The van der Waals surface area contributed by atoms with Crippen LogP contribution in [0.5, 0.6) is 0 Å². The molecule has 0 bridgehead atoms. The zero-order valence-electron chi connectivity index (χ0n) is 10.7. The Hall–Kier alpha value is -1.90. The summed E-state index contributed by atoms with van der Waals surface area (Å²) in [6.07, 6.45) is 4.50. The van der Waals surface area contributed by atoms with Gasteiger partial charge in [-0.1, -0.05) is 30.3 Å². The first kappa shape index (κ1) is 11.0. The fourth-order valence-corrected chi connectivity index (χ4v) is 2.84. The van der Waals surface area contributed by atoms with E-state index in [4.69, 9.17) is 4.98 Å². The van der Waals surface area contributed by atoms with Crippen molar-refractivity contribution in [3.8, 4) is 0 Å². The highest BCUT2D eigenvalue weighted by molar-refractivity contribution is 5.39. The minimum Gasteiger partial charge on any atom is -0.310 e. The van der Waals surface area contributed by atoms with Gasteiger partial charge in [0.05, 0.1) is 11.1 Å². The molecule has 0 radical (unpaired) electrons. The summed E-state index contributed by atoms with van der Waals surface area (Å²) in [6.45, 7) is 0. The van der Waals surface area contributed by atoms with Crippen LogP contribution in [0.1, 0.15) is 48.7 Å². The molecule has 1 aromatic carbocycles. The minimum absolute atomic E-state index is 0.00546. The lowest BCUT2D eigenvalue weighted by atomic mass is 9.95. The smallest absolute Gasteiger partial charge is 0.251 e. The molecule has 2 aliphatic carbocycles. The van der Waals surface area contributed by atoms with Crippen LogP contribution in [0.15, 0.2) is 41.2 Å². The number of nitrogens with one attached hydrogen (secondary N) is 1. The average Bonchev–Trinajstić information content (AvgIpc) is 3.30. The summed E-state index contributed by atoms with van der Waals surface area (Å²) in [5.41, 5.74) is 2.21. The molecule has 0 amide bonds. The number of hydrogen-bond donors (Lipinski definition) is 1. The largest absolute Gasteiger partial charge is 0.310 e. The van der Waals surface area contributed by atoms with Crippen LogP contribution in [0.4, 0.5) is 0 Å². The second-order valence-electron chi connectivity index (χ2n) is 5.74. The van der Waals surface area contributed by atoms with E-state index in [9.17, 15) is 4.79 Å². The van der Waals surface area contributed by atoms with Gasteiger partial charge in [-0.2, -0.15) is 0 Å². The van der Waals surface area contributed by atoms with Crippen LogP contribution < -0.4 is 5.56 Å². The first-order valence-corrected chi connectivity index (χ1v) is 6.95. The van der Waals surface area contributed by atoms with Gasteiger partial charge in [-0.15, -0.1) is 0 Å². The van der Waals surface area contributed by atoms with Crippen LogP contribution in [0.25, 0.3) is 0 Å². The molecule has 1 heterocycles. The third-order valence-corrected chi connectivity index (χ3v) is 4.29. The second kappa shape index (κ2) is 3.80. The van der Waals surface area contributed by atoms with Gasteiger partial charge in [0.2, 0.25) is 0 Å². The Labute approximate surface area is 111 Å². The van der Waals surface area contributed by atoms with Crippen LogP contribution >= 0.6 is 0 Å². The van der Waals surface area contributed by atoms with Crippen molar-refractivity contribution in [1.82, 2.24) is 9.97 Å². The predicted octanol–water partition coefficient (Wildman–Crippen LogP) is 2.73. The first-order chi connectivity index (χ1) is 9.28. The van der Waals surface area contributed by atoms with Crippen molar-refractivity contribution in [2.24, 2.45) is 0 Å². The molecular weight excluding hydrogens is 236 g/mol. The van der Waals surface area contributed by atoms with Crippen molar-refractivity contribution in [1.29, 1.82) is 0 Å². The highest BCUT2D eigenvalue weighted by Gasteiger charge is 2.48. The normalized spacial score (nSPS) is 20.2. The summed E-state index contributed by atoms with van der Waals surface area (Å²) >= 11 is 0.